The van der Waals surface area contributed by atoms with Crippen molar-refractivity contribution in [2.45, 2.75) is 52.4 Å². The van der Waals surface area contributed by atoms with E-state index in [1.54, 1.807) is 6.92 Å². The molecule has 0 radical (unpaired) electrons. The molecule has 1 aliphatic rings. The SMILES string of the molecule is CCCC1CCC(C(=O)Oc2ccc(OCC)c(F)c2F)CC1. The van der Waals surface area contributed by atoms with Gasteiger partial charge in [0.25, 0.3) is 0 Å². The van der Waals surface area contributed by atoms with Gasteiger partial charge < -0.3 is 9.47 Å². The molecule has 1 saturated carbocycles. The average Bonchev–Trinajstić information content (AvgIpc) is 2.55. The van der Waals surface area contributed by atoms with Crippen molar-refractivity contribution in [3.05, 3.63) is 23.8 Å². The van der Waals surface area contributed by atoms with Crippen molar-refractivity contribution in [1.82, 2.24) is 0 Å². The molecule has 2 rings (SSSR count). The van der Waals surface area contributed by atoms with Gasteiger partial charge in [-0.25, -0.2) is 0 Å². The molecule has 0 saturated heterocycles. The zero-order valence-corrected chi connectivity index (χ0v) is 13.7. The fourth-order valence-electron chi connectivity index (χ4n) is 3.15. The van der Waals surface area contributed by atoms with Crippen LogP contribution in [0.4, 0.5) is 8.78 Å². The maximum Gasteiger partial charge on any atom is 0.314 e. The topological polar surface area (TPSA) is 35.5 Å². The minimum Gasteiger partial charge on any atom is -0.491 e. The summed E-state index contributed by atoms with van der Waals surface area (Å²) in [5, 5.41) is 0. The third-order valence-corrected chi connectivity index (χ3v) is 4.40. The molecule has 3 nitrogen and oxygen atoms in total. The number of hydrogen-bond donors (Lipinski definition) is 0. The predicted molar refractivity (Wildman–Crippen MR) is 83.5 cm³/mol. The molecule has 0 aromatic heterocycles. The summed E-state index contributed by atoms with van der Waals surface area (Å²) in [6.45, 7) is 4.07. The second-order valence-corrected chi connectivity index (χ2v) is 6.05. The van der Waals surface area contributed by atoms with Crippen LogP contribution >= 0.6 is 0 Å². The highest BCUT2D eigenvalue weighted by molar-refractivity contribution is 5.75. The van der Waals surface area contributed by atoms with Crippen molar-refractivity contribution < 1.29 is 23.0 Å². The summed E-state index contributed by atoms with van der Waals surface area (Å²) in [5.41, 5.74) is 0. The van der Waals surface area contributed by atoms with Crippen molar-refractivity contribution >= 4 is 5.97 Å². The molecule has 0 amide bonds. The maximum absolute atomic E-state index is 13.9. The highest BCUT2D eigenvalue weighted by Crippen LogP contribution is 2.33. The summed E-state index contributed by atoms with van der Waals surface area (Å²) in [6, 6.07) is 2.52. The molecule has 5 heteroatoms. The van der Waals surface area contributed by atoms with E-state index in [1.165, 1.54) is 18.6 Å². The van der Waals surface area contributed by atoms with Crippen molar-refractivity contribution in [2.24, 2.45) is 11.8 Å². The van der Waals surface area contributed by atoms with Gasteiger partial charge >= 0.3 is 5.97 Å². The first kappa shape index (κ1) is 17.7. The van der Waals surface area contributed by atoms with E-state index in [0.29, 0.717) is 5.92 Å². The largest absolute Gasteiger partial charge is 0.491 e. The van der Waals surface area contributed by atoms with Crippen LogP contribution in [0.2, 0.25) is 0 Å². The number of halogens is 2. The van der Waals surface area contributed by atoms with Crippen LogP contribution < -0.4 is 9.47 Å². The molecule has 0 spiro atoms. The Labute approximate surface area is 136 Å². The number of benzene rings is 1. The number of rotatable bonds is 6. The number of carbonyl (C=O) groups is 1. The molecule has 128 valence electrons. The van der Waals surface area contributed by atoms with Crippen LogP contribution in [0.15, 0.2) is 12.1 Å². The average molecular weight is 326 g/mol. The minimum atomic E-state index is -1.18. The second-order valence-electron chi connectivity index (χ2n) is 6.05. The van der Waals surface area contributed by atoms with Crippen molar-refractivity contribution in [1.29, 1.82) is 0 Å². The lowest BCUT2D eigenvalue weighted by atomic mass is 9.80. The summed E-state index contributed by atoms with van der Waals surface area (Å²) in [7, 11) is 0. The van der Waals surface area contributed by atoms with Crippen LogP contribution in [-0.2, 0) is 4.79 Å². The fourth-order valence-corrected chi connectivity index (χ4v) is 3.15. The van der Waals surface area contributed by atoms with Crippen molar-refractivity contribution in [3.63, 3.8) is 0 Å². The van der Waals surface area contributed by atoms with E-state index in [2.05, 4.69) is 6.92 Å². The van der Waals surface area contributed by atoms with Gasteiger partial charge in [0.15, 0.2) is 11.5 Å². The molecule has 23 heavy (non-hydrogen) atoms. The summed E-state index contributed by atoms with van der Waals surface area (Å²) < 4.78 is 37.8. The van der Waals surface area contributed by atoms with Crippen molar-refractivity contribution in [3.8, 4) is 11.5 Å². The quantitative estimate of drug-likeness (QED) is 0.552. The first-order valence-corrected chi connectivity index (χ1v) is 8.39. The zero-order valence-electron chi connectivity index (χ0n) is 13.7. The lowest BCUT2D eigenvalue weighted by Gasteiger charge is -2.26. The van der Waals surface area contributed by atoms with Gasteiger partial charge in [0, 0.05) is 0 Å². The summed E-state index contributed by atoms with van der Waals surface area (Å²) >= 11 is 0. The van der Waals surface area contributed by atoms with E-state index in [1.807, 2.05) is 0 Å². The van der Waals surface area contributed by atoms with E-state index >= 15 is 0 Å². The molecule has 1 aromatic rings. The molecule has 1 aromatic carbocycles. The molecule has 1 aliphatic carbocycles. The predicted octanol–water partition coefficient (Wildman–Crippen LogP) is 4.88. The summed E-state index contributed by atoms with van der Waals surface area (Å²) in [6.07, 6.45) is 5.83. The number of esters is 1. The van der Waals surface area contributed by atoms with Gasteiger partial charge in [0.05, 0.1) is 12.5 Å². The Kier molecular flexibility index (Phi) is 6.37. The Morgan fingerprint density at radius 3 is 2.30 bits per heavy atom. The maximum atomic E-state index is 13.9. The normalized spacial score (nSPS) is 21.0. The number of hydrogen-bond acceptors (Lipinski definition) is 3. The third kappa shape index (κ3) is 4.43. The van der Waals surface area contributed by atoms with Gasteiger partial charge in [-0.1, -0.05) is 19.8 Å². The molecular weight excluding hydrogens is 302 g/mol. The molecule has 0 aliphatic heterocycles. The van der Waals surface area contributed by atoms with Crippen LogP contribution in [-0.4, -0.2) is 12.6 Å². The molecule has 0 bridgehead atoms. The number of carbonyl (C=O) groups excluding carboxylic acids is 1. The standard InChI is InChI=1S/C18H24F2O3/c1-3-5-12-6-8-13(9-7-12)18(21)23-15-11-10-14(22-4-2)16(19)17(15)20/h10-13H,3-9H2,1-2H3. The van der Waals surface area contributed by atoms with Crippen LogP contribution in [0.3, 0.4) is 0 Å². The fraction of sp³-hybridized carbons (Fsp3) is 0.611. The Hall–Kier alpha value is -1.65. The molecule has 0 N–H and O–H groups in total. The Balaban J connectivity index is 1.97. The van der Waals surface area contributed by atoms with E-state index < -0.39 is 17.6 Å². The molecular formula is C18H24F2O3. The lowest BCUT2D eigenvalue weighted by molar-refractivity contribution is -0.140. The minimum absolute atomic E-state index is 0.176. The Morgan fingerprint density at radius 2 is 1.70 bits per heavy atom. The van der Waals surface area contributed by atoms with Crippen LogP contribution in [0.1, 0.15) is 52.4 Å². The first-order valence-electron chi connectivity index (χ1n) is 8.39. The second kappa shape index (κ2) is 8.27. The first-order chi connectivity index (χ1) is 11.1. The van der Waals surface area contributed by atoms with Gasteiger partial charge in [-0.3, -0.25) is 4.79 Å². The summed E-state index contributed by atoms with van der Waals surface area (Å²) in [4.78, 5) is 12.2. The van der Waals surface area contributed by atoms with E-state index in [4.69, 9.17) is 9.47 Å². The van der Waals surface area contributed by atoms with E-state index in [9.17, 15) is 13.6 Å². The van der Waals surface area contributed by atoms with Crippen LogP contribution in [0.5, 0.6) is 11.5 Å². The van der Waals surface area contributed by atoms with Gasteiger partial charge in [0.1, 0.15) is 0 Å². The van der Waals surface area contributed by atoms with E-state index in [-0.39, 0.29) is 24.0 Å². The van der Waals surface area contributed by atoms with Crippen LogP contribution in [0, 0.1) is 23.5 Å². The molecule has 1 fully saturated rings. The van der Waals surface area contributed by atoms with E-state index in [0.717, 1.165) is 32.1 Å². The third-order valence-electron chi connectivity index (χ3n) is 4.40. The number of ether oxygens (including phenoxy) is 2. The van der Waals surface area contributed by atoms with Gasteiger partial charge in [-0.05, 0) is 50.7 Å². The molecule has 0 unspecified atom stereocenters. The van der Waals surface area contributed by atoms with Crippen molar-refractivity contribution in [2.75, 3.05) is 6.61 Å². The summed E-state index contributed by atoms with van der Waals surface area (Å²) in [5.74, 6) is -2.87. The smallest absolute Gasteiger partial charge is 0.314 e. The van der Waals surface area contributed by atoms with Gasteiger partial charge in [0.2, 0.25) is 11.6 Å². The highest BCUT2D eigenvalue weighted by Gasteiger charge is 2.28. The zero-order chi connectivity index (χ0) is 16.8. The van der Waals surface area contributed by atoms with Crippen LogP contribution in [0.25, 0.3) is 0 Å². The lowest BCUT2D eigenvalue weighted by Crippen LogP contribution is -2.26. The Morgan fingerprint density at radius 1 is 1.09 bits per heavy atom. The van der Waals surface area contributed by atoms with Gasteiger partial charge in [-0.15, -0.1) is 0 Å². The van der Waals surface area contributed by atoms with Gasteiger partial charge in [-0.2, -0.15) is 8.78 Å². The Bertz CT molecular complexity index is 537. The highest BCUT2D eigenvalue weighted by atomic mass is 19.2. The molecule has 0 atom stereocenters. The monoisotopic (exact) mass is 326 g/mol. The molecule has 0 heterocycles.